The van der Waals surface area contributed by atoms with Crippen molar-refractivity contribution in [2.24, 2.45) is 0 Å². The number of hydrogen-bond donors (Lipinski definition) is 3. The number of aliphatic hydroxyl groups is 2. The van der Waals surface area contributed by atoms with Gasteiger partial charge in [-0.05, 0) is 0 Å². The topological polar surface area (TPSA) is 52.5 Å². The van der Waals surface area contributed by atoms with Crippen LogP contribution in [-0.2, 0) is 0 Å². The number of hydrogen-bond acceptors (Lipinski definition) is 3. The molecule has 0 aromatic carbocycles. The minimum absolute atomic E-state index is 1.23. The maximum atomic E-state index is 8.70. The Labute approximate surface area is 54.2 Å². The first kappa shape index (κ1) is 1.23. The van der Waals surface area contributed by atoms with Gasteiger partial charge in [0.05, 0.1) is 18.6 Å². The van der Waals surface area contributed by atoms with Crippen LogP contribution in [0.2, 0.25) is 0 Å². The quantitative estimate of drug-likeness (QED) is 0.423. The molecule has 0 aliphatic rings. The van der Waals surface area contributed by atoms with Gasteiger partial charge in [-0.3, -0.25) is 0 Å². The van der Waals surface area contributed by atoms with Crippen molar-refractivity contribution in [3.8, 4) is 0 Å². The van der Waals surface area contributed by atoms with Crippen LogP contribution in [0, 0.1) is 0 Å². The van der Waals surface area contributed by atoms with Gasteiger partial charge in [-0.2, -0.15) is 0 Å². The molecule has 0 saturated heterocycles. The summed E-state index contributed by atoms with van der Waals surface area (Å²) < 4.78 is 54.2. The van der Waals surface area contributed by atoms with Gasteiger partial charge in [0, 0.05) is 18.5 Å². The van der Waals surface area contributed by atoms with Gasteiger partial charge in [-0.1, -0.05) is 0 Å². The Bertz CT molecular complexity index is 206. The molecule has 0 rings (SSSR count). The molecular weight excluding hydrogens is 94.0 g/mol. The summed E-state index contributed by atoms with van der Waals surface area (Å²) in [5.74, 6) is 0. The van der Waals surface area contributed by atoms with Crippen molar-refractivity contribution < 1.29 is 21.2 Å². The fourth-order valence-electron chi connectivity index (χ4n) is 0.0872. The van der Waals surface area contributed by atoms with Crippen LogP contribution in [0.15, 0.2) is 0 Å². The van der Waals surface area contributed by atoms with E-state index in [2.05, 4.69) is 0 Å². The lowest BCUT2D eigenvalue weighted by Gasteiger charge is -1.94. The summed E-state index contributed by atoms with van der Waals surface area (Å²) in [7, 11) is 0. The van der Waals surface area contributed by atoms with Gasteiger partial charge in [-0.15, -0.1) is 0 Å². The van der Waals surface area contributed by atoms with Crippen LogP contribution < -0.4 is 5.32 Å². The van der Waals surface area contributed by atoms with Crippen LogP contribution in [0.25, 0.3) is 0 Å². The van der Waals surface area contributed by atoms with Gasteiger partial charge in [-0.25, -0.2) is 0 Å². The van der Waals surface area contributed by atoms with Gasteiger partial charge >= 0.3 is 0 Å². The van der Waals surface area contributed by atoms with Gasteiger partial charge in [0.1, 0.15) is 0 Å². The lowest BCUT2D eigenvalue weighted by molar-refractivity contribution is 0.267. The second kappa shape index (κ2) is 5.88. The Morgan fingerprint density at radius 1 is 1.57 bits per heavy atom. The molecule has 0 heterocycles. The highest BCUT2D eigenvalue weighted by atomic mass is 16.3. The van der Waals surface area contributed by atoms with Gasteiger partial charge < -0.3 is 15.5 Å². The lowest BCUT2D eigenvalue weighted by atomic mass is 10.6. The molecule has 0 saturated carbocycles. The fourth-order valence-corrected chi connectivity index (χ4v) is 0.0872. The van der Waals surface area contributed by atoms with Crippen LogP contribution in [-0.4, -0.2) is 36.3 Å². The van der Waals surface area contributed by atoms with E-state index in [9.17, 15) is 0 Å². The monoisotopic (exact) mass is 117 g/mol. The zero-order chi connectivity index (χ0) is 12.7. The van der Waals surface area contributed by atoms with Gasteiger partial charge in [0.25, 0.3) is 0 Å². The Morgan fingerprint density at radius 2 is 2.00 bits per heavy atom. The van der Waals surface area contributed by atoms with Crippen molar-refractivity contribution in [2.75, 3.05) is 26.1 Å². The Balaban J connectivity index is 4.89. The maximum Gasteiger partial charge on any atom is 0.0577 e. The molecule has 3 nitrogen and oxygen atoms in total. The van der Waals surface area contributed by atoms with Gasteiger partial charge in [0.15, 0.2) is 0 Å². The smallest absolute Gasteiger partial charge is 0.0577 e. The first-order chi connectivity index (χ1) is 6.21. The zero-order valence-corrected chi connectivity index (χ0v) is 3.39. The average molecular weight is 117 g/mol. The van der Waals surface area contributed by atoms with Crippen LogP contribution in [0.3, 0.4) is 0 Å². The summed E-state index contributed by atoms with van der Waals surface area (Å²) >= 11 is 0. The Kier molecular flexibility index (Phi) is 1.04. The molecule has 0 aromatic rings. The normalized spacial score (nSPS) is 34.6. The molecule has 0 atom stereocenters. The summed E-state index contributed by atoms with van der Waals surface area (Å²) in [5, 5.41) is 18.6. The van der Waals surface area contributed by atoms with E-state index in [-0.39, 0.29) is 0 Å². The molecule has 0 bridgehead atoms. The molecule has 0 unspecified atom stereocenters. The van der Waals surface area contributed by atoms with E-state index in [1.165, 1.54) is 5.32 Å². The molecule has 3 N–H and O–H groups in total. The van der Waals surface area contributed by atoms with E-state index >= 15 is 0 Å². The van der Waals surface area contributed by atoms with Crippen molar-refractivity contribution in [2.45, 2.75) is 0 Å². The van der Waals surface area contributed by atoms with E-state index < -0.39 is 26.1 Å². The van der Waals surface area contributed by atoms with Crippen LogP contribution in [0.5, 0.6) is 0 Å². The largest absolute Gasteiger partial charge is 0.395 e. The van der Waals surface area contributed by atoms with E-state index in [0.29, 0.717) is 0 Å². The van der Waals surface area contributed by atoms with Crippen LogP contribution in [0.4, 0.5) is 0 Å². The molecule has 0 aromatic heterocycles. The highest BCUT2D eigenvalue weighted by Crippen LogP contribution is 1.54. The summed E-state index contributed by atoms with van der Waals surface area (Å²) in [6.45, 7) is -13.4. The minimum atomic E-state index is -3.43. The van der Waals surface area contributed by atoms with Crippen molar-refractivity contribution >= 4 is 0 Å². The van der Waals surface area contributed by atoms with Crippen LogP contribution in [0.1, 0.15) is 11.0 Å². The van der Waals surface area contributed by atoms with E-state index in [0.717, 1.165) is 0 Å². The van der Waals surface area contributed by atoms with Crippen LogP contribution >= 0.6 is 0 Å². The molecule has 7 heavy (non-hydrogen) atoms. The first-order valence-electron chi connectivity index (χ1n) is 5.45. The third-order valence-electron chi connectivity index (χ3n) is 0.237. The van der Waals surface area contributed by atoms with Crippen molar-refractivity contribution in [1.82, 2.24) is 5.32 Å². The highest BCUT2D eigenvalue weighted by molar-refractivity contribution is 4.39. The molecule has 0 spiro atoms. The Hall–Kier alpha value is -0.120. The second-order valence-corrected chi connectivity index (χ2v) is 0.599. The predicted molar refractivity (Wildman–Crippen MR) is 27.0 cm³/mol. The highest BCUT2D eigenvalue weighted by Gasteiger charge is 1.78. The summed E-state index contributed by atoms with van der Waals surface area (Å²) in [4.78, 5) is 0. The minimum Gasteiger partial charge on any atom is -0.395 e. The molecule has 0 radical (unpaired) electrons. The molecule has 3 heteroatoms. The third kappa shape index (κ3) is 5.88. The molecule has 0 aliphatic heterocycles. The molecule has 44 valence electrons. The first-order valence-corrected chi connectivity index (χ1v) is 1.45. The fraction of sp³-hybridized carbons (Fsp3) is 1.00. The summed E-state index contributed by atoms with van der Waals surface area (Å²) in [6, 6.07) is 0. The molecule has 0 fully saturated rings. The SMILES string of the molecule is [2H]C([2H])(O)C([3H])([3H])NC([3H])([3H])C([2H])([2H])O. The van der Waals surface area contributed by atoms with Crippen molar-refractivity contribution in [1.29, 1.82) is 0 Å². The van der Waals surface area contributed by atoms with E-state index in [1.54, 1.807) is 0 Å². The zero-order valence-electron chi connectivity index (χ0n) is 11.4. The molecule has 0 amide bonds. The summed E-state index contributed by atoms with van der Waals surface area (Å²) in [5.41, 5.74) is 0. The lowest BCUT2D eigenvalue weighted by Crippen LogP contribution is -2.21. The number of nitrogens with one attached hydrogen (secondary N) is 1. The Morgan fingerprint density at radius 3 is 2.29 bits per heavy atom. The maximum absolute atomic E-state index is 8.70. The predicted octanol–water partition coefficient (Wildman–Crippen LogP) is -1.44. The third-order valence-corrected chi connectivity index (χ3v) is 0.237. The van der Waals surface area contributed by atoms with E-state index in [1.807, 2.05) is 0 Å². The second-order valence-electron chi connectivity index (χ2n) is 0.599. The average Bonchev–Trinajstić information content (AvgIpc) is 1.77. The standard InChI is InChI=1S/C4H11NO2/c6-3-1-5-2-4-7/h5-7H,1-4H2/i1T2,2T2,3D2,4D2. The molecular formula is C4H11NO2. The van der Waals surface area contributed by atoms with E-state index in [4.69, 9.17) is 21.2 Å². The summed E-state index contributed by atoms with van der Waals surface area (Å²) in [6.07, 6.45) is 0. The van der Waals surface area contributed by atoms with Crippen molar-refractivity contribution in [3.63, 3.8) is 0 Å². The molecule has 0 aliphatic carbocycles. The van der Waals surface area contributed by atoms with Crippen molar-refractivity contribution in [3.05, 3.63) is 0 Å². The van der Waals surface area contributed by atoms with Gasteiger partial charge in [0.2, 0.25) is 0 Å². The number of rotatable bonds is 4.